The number of thioether (sulfide) groups is 1. The average Bonchev–Trinajstić information content (AvgIpc) is 1.67. The van der Waals surface area contributed by atoms with Crippen LogP contribution in [0, 0.1) is 5.92 Å². The second-order valence-electron chi connectivity index (χ2n) is 1.69. The molecule has 48 valence electrons. The maximum Gasteiger partial charge on any atom is 0.307 e. The minimum atomic E-state index is -0.709. The second kappa shape index (κ2) is 3.78. The molecule has 0 spiro atoms. The first-order chi connectivity index (χ1) is 3.68. The van der Waals surface area contributed by atoms with Crippen LogP contribution >= 0.6 is 11.8 Å². The number of rotatable bonds is 3. The van der Waals surface area contributed by atoms with Gasteiger partial charge in [-0.15, -0.1) is 0 Å². The van der Waals surface area contributed by atoms with Crippen LogP contribution in [0.1, 0.15) is 6.92 Å². The maximum atomic E-state index is 10.1. The topological polar surface area (TPSA) is 37.3 Å². The first kappa shape index (κ1) is 7.82. The summed E-state index contributed by atoms with van der Waals surface area (Å²) in [5.41, 5.74) is 0. The van der Waals surface area contributed by atoms with Gasteiger partial charge in [-0.25, -0.2) is 0 Å². The predicted molar refractivity (Wildman–Crippen MR) is 35.2 cm³/mol. The lowest BCUT2D eigenvalue weighted by molar-refractivity contribution is -0.140. The summed E-state index contributed by atoms with van der Waals surface area (Å²) in [4.78, 5) is 10.1. The molecule has 0 aliphatic heterocycles. The van der Waals surface area contributed by atoms with Gasteiger partial charge in [0.2, 0.25) is 0 Å². The highest BCUT2D eigenvalue weighted by molar-refractivity contribution is 7.98. The van der Waals surface area contributed by atoms with E-state index in [4.69, 9.17) is 5.11 Å². The molecule has 0 aliphatic carbocycles. The van der Waals surface area contributed by atoms with E-state index in [0.717, 1.165) is 0 Å². The van der Waals surface area contributed by atoms with Crippen molar-refractivity contribution in [1.82, 2.24) is 0 Å². The minimum absolute atomic E-state index is 0.204. The molecule has 0 fully saturated rings. The van der Waals surface area contributed by atoms with Crippen LogP contribution in [0.15, 0.2) is 0 Å². The van der Waals surface area contributed by atoms with E-state index in [2.05, 4.69) is 0 Å². The van der Waals surface area contributed by atoms with Crippen molar-refractivity contribution in [2.45, 2.75) is 6.92 Å². The molecule has 8 heavy (non-hydrogen) atoms. The van der Waals surface area contributed by atoms with E-state index in [1.54, 1.807) is 18.7 Å². The zero-order valence-corrected chi connectivity index (χ0v) is 5.86. The van der Waals surface area contributed by atoms with Gasteiger partial charge in [0.1, 0.15) is 0 Å². The van der Waals surface area contributed by atoms with Gasteiger partial charge in [0.05, 0.1) is 5.92 Å². The van der Waals surface area contributed by atoms with Crippen molar-refractivity contribution in [2.24, 2.45) is 5.92 Å². The Labute approximate surface area is 53.3 Å². The molecule has 0 heterocycles. The van der Waals surface area contributed by atoms with Crippen LogP contribution < -0.4 is 0 Å². The number of carbonyl (C=O) groups is 1. The largest absolute Gasteiger partial charge is 0.481 e. The number of hydrogen-bond acceptors (Lipinski definition) is 2. The number of carboxylic acids is 1. The molecule has 0 aromatic heterocycles. The van der Waals surface area contributed by atoms with E-state index in [-0.39, 0.29) is 5.92 Å². The third-order valence-corrected chi connectivity index (χ3v) is 1.67. The lowest BCUT2D eigenvalue weighted by Gasteiger charge is -1.99. The van der Waals surface area contributed by atoms with Crippen LogP contribution in [0.2, 0.25) is 0 Å². The molecule has 0 saturated heterocycles. The molecular formula is C5H10O2S. The van der Waals surface area contributed by atoms with Crippen LogP contribution in [0.4, 0.5) is 0 Å². The normalized spacial score (nSPS) is 13.2. The first-order valence-corrected chi connectivity index (χ1v) is 3.79. The van der Waals surface area contributed by atoms with Crippen molar-refractivity contribution in [3.63, 3.8) is 0 Å². The Hall–Kier alpha value is -0.180. The van der Waals surface area contributed by atoms with Gasteiger partial charge in [-0.2, -0.15) is 11.8 Å². The van der Waals surface area contributed by atoms with Gasteiger partial charge in [-0.3, -0.25) is 4.79 Å². The highest BCUT2D eigenvalue weighted by Gasteiger charge is 2.07. The van der Waals surface area contributed by atoms with Crippen molar-refractivity contribution < 1.29 is 9.90 Å². The molecule has 0 unspecified atom stereocenters. The Kier molecular flexibility index (Phi) is 3.69. The summed E-state index contributed by atoms with van der Waals surface area (Å²) in [6, 6.07) is 0. The van der Waals surface area contributed by atoms with E-state index < -0.39 is 5.97 Å². The van der Waals surface area contributed by atoms with Gasteiger partial charge in [0.15, 0.2) is 0 Å². The zero-order chi connectivity index (χ0) is 6.57. The van der Waals surface area contributed by atoms with Gasteiger partial charge in [-0.1, -0.05) is 6.92 Å². The Morgan fingerprint density at radius 3 is 2.50 bits per heavy atom. The highest BCUT2D eigenvalue weighted by Crippen LogP contribution is 2.02. The summed E-state index contributed by atoms with van der Waals surface area (Å²) in [5.74, 6) is -0.209. The zero-order valence-electron chi connectivity index (χ0n) is 5.05. The van der Waals surface area contributed by atoms with Gasteiger partial charge in [0.25, 0.3) is 0 Å². The summed E-state index contributed by atoms with van der Waals surface area (Å²) in [6.45, 7) is 1.71. The molecule has 0 saturated carbocycles. The monoisotopic (exact) mass is 134 g/mol. The predicted octanol–water partition coefficient (Wildman–Crippen LogP) is 1.07. The van der Waals surface area contributed by atoms with E-state index >= 15 is 0 Å². The number of aliphatic carboxylic acids is 1. The Balaban J connectivity index is 3.32. The second-order valence-corrected chi connectivity index (χ2v) is 2.61. The molecule has 0 aromatic carbocycles. The summed E-state index contributed by atoms with van der Waals surface area (Å²) in [6.07, 6.45) is 1.90. The van der Waals surface area contributed by atoms with Crippen LogP contribution in [-0.4, -0.2) is 23.1 Å². The molecule has 1 atom stereocenters. The molecule has 0 bridgehead atoms. The third kappa shape index (κ3) is 2.91. The van der Waals surface area contributed by atoms with Crippen molar-refractivity contribution in [1.29, 1.82) is 0 Å². The van der Waals surface area contributed by atoms with E-state index in [1.165, 1.54) is 0 Å². The molecule has 0 amide bonds. The fraction of sp³-hybridized carbons (Fsp3) is 0.800. The van der Waals surface area contributed by atoms with Crippen molar-refractivity contribution >= 4 is 17.7 Å². The quantitative estimate of drug-likeness (QED) is 0.627. The first-order valence-electron chi connectivity index (χ1n) is 2.40. The van der Waals surface area contributed by atoms with Gasteiger partial charge in [-0.05, 0) is 6.26 Å². The molecular weight excluding hydrogens is 124 g/mol. The number of hydrogen-bond donors (Lipinski definition) is 1. The van der Waals surface area contributed by atoms with Crippen LogP contribution in [0.5, 0.6) is 0 Å². The Morgan fingerprint density at radius 1 is 1.88 bits per heavy atom. The highest BCUT2D eigenvalue weighted by atomic mass is 32.2. The lowest BCUT2D eigenvalue weighted by atomic mass is 10.2. The van der Waals surface area contributed by atoms with E-state index in [0.29, 0.717) is 5.75 Å². The standard InChI is InChI=1S/C5H10O2S/c1-4(3-8-2)5(6)7/h4H,3H2,1-2H3,(H,6,7)/t4-/m0/s1. The molecule has 0 aromatic rings. The van der Waals surface area contributed by atoms with Crippen LogP contribution in [-0.2, 0) is 4.79 Å². The van der Waals surface area contributed by atoms with Crippen LogP contribution in [0.3, 0.4) is 0 Å². The van der Waals surface area contributed by atoms with E-state index in [1.807, 2.05) is 6.26 Å². The van der Waals surface area contributed by atoms with Crippen molar-refractivity contribution in [3.05, 3.63) is 0 Å². The molecule has 3 heteroatoms. The summed E-state index contributed by atoms with van der Waals surface area (Å²) in [5, 5.41) is 8.30. The molecule has 0 radical (unpaired) electrons. The summed E-state index contributed by atoms with van der Waals surface area (Å²) >= 11 is 1.56. The fourth-order valence-corrected chi connectivity index (χ4v) is 0.964. The minimum Gasteiger partial charge on any atom is -0.481 e. The maximum absolute atomic E-state index is 10.1. The van der Waals surface area contributed by atoms with Crippen molar-refractivity contribution in [2.75, 3.05) is 12.0 Å². The summed E-state index contributed by atoms with van der Waals surface area (Å²) in [7, 11) is 0. The smallest absolute Gasteiger partial charge is 0.307 e. The Morgan fingerprint density at radius 2 is 2.38 bits per heavy atom. The SMILES string of the molecule is CSC[C@H](C)C(=O)O. The molecule has 2 nitrogen and oxygen atoms in total. The summed E-state index contributed by atoms with van der Waals surface area (Å²) < 4.78 is 0. The third-order valence-electron chi connectivity index (χ3n) is 0.838. The van der Waals surface area contributed by atoms with E-state index in [9.17, 15) is 4.79 Å². The number of carboxylic acid groups (broad SMARTS) is 1. The molecule has 0 aliphatic rings. The van der Waals surface area contributed by atoms with Crippen LogP contribution in [0.25, 0.3) is 0 Å². The Bertz CT molecular complexity index is 82.5. The molecule has 1 N–H and O–H groups in total. The van der Waals surface area contributed by atoms with Crippen molar-refractivity contribution in [3.8, 4) is 0 Å². The van der Waals surface area contributed by atoms with Gasteiger partial charge < -0.3 is 5.11 Å². The average molecular weight is 134 g/mol. The molecule has 0 rings (SSSR count). The van der Waals surface area contributed by atoms with Gasteiger partial charge >= 0.3 is 5.97 Å². The van der Waals surface area contributed by atoms with Gasteiger partial charge in [0, 0.05) is 5.75 Å². The lowest BCUT2D eigenvalue weighted by Crippen LogP contribution is -2.11. The fourth-order valence-electron chi connectivity index (χ4n) is 0.321.